The molecule has 4 rings (SSSR count). The topological polar surface area (TPSA) is 69.1 Å². The van der Waals surface area contributed by atoms with Gasteiger partial charge in [0.1, 0.15) is 5.82 Å². The van der Waals surface area contributed by atoms with Gasteiger partial charge in [0.2, 0.25) is 0 Å². The van der Waals surface area contributed by atoms with Crippen molar-refractivity contribution in [3.05, 3.63) is 150 Å². The zero-order chi connectivity index (χ0) is 27.5. The smallest absolute Gasteiger partial charge is 0.104 e. The zero-order valence-corrected chi connectivity index (χ0v) is 23.0. The Morgan fingerprint density at radius 2 is 1.87 bits per heavy atom. The Kier molecular flexibility index (Phi) is 9.81. The Morgan fingerprint density at radius 3 is 2.59 bits per heavy atom. The summed E-state index contributed by atoms with van der Waals surface area (Å²) >= 11 is 0. The number of rotatable bonds is 12. The number of anilines is 1. The molecule has 3 aromatic rings. The minimum absolute atomic E-state index is 0.490. The van der Waals surface area contributed by atoms with Crippen molar-refractivity contribution >= 4 is 16.8 Å². The summed E-state index contributed by atoms with van der Waals surface area (Å²) in [6.45, 7) is 10.8. The van der Waals surface area contributed by atoms with Crippen molar-refractivity contribution in [1.82, 2.24) is 15.2 Å². The van der Waals surface area contributed by atoms with E-state index in [1.54, 1.807) is 0 Å². The van der Waals surface area contributed by atoms with Crippen LogP contribution in [0.15, 0.2) is 133 Å². The molecule has 0 spiro atoms. The molecule has 1 aliphatic carbocycles. The monoisotopic (exact) mass is 517 g/mol. The number of fused-ring (bicyclic) bond motifs is 1. The number of para-hydroxylation sites is 1. The van der Waals surface area contributed by atoms with Gasteiger partial charge in [-0.15, -0.1) is 0 Å². The minimum Gasteiger partial charge on any atom is -0.372 e. The lowest BCUT2D eigenvalue weighted by Gasteiger charge is -2.24. The molecule has 1 aromatic heterocycles. The second-order valence-corrected chi connectivity index (χ2v) is 9.33. The van der Waals surface area contributed by atoms with Crippen LogP contribution in [0.4, 0.5) is 5.69 Å². The first kappa shape index (κ1) is 27.6. The van der Waals surface area contributed by atoms with Crippen molar-refractivity contribution in [3.63, 3.8) is 0 Å². The number of H-pyrrole nitrogens is 1. The minimum atomic E-state index is 0.490. The van der Waals surface area contributed by atoms with E-state index < -0.39 is 0 Å². The fourth-order valence-electron chi connectivity index (χ4n) is 4.63. The van der Waals surface area contributed by atoms with Gasteiger partial charge in [-0.1, -0.05) is 61.2 Å². The van der Waals surface area contributed by atoms with Crippen LogP contribution in [0.5, 0.6) is 0 Å². The van der Waals surface area contributed by atoms with Gasteiger partial charge in [0.05, 0.1) is 0 Å². The summed E-state index contributed by atoms with van der Waals surface area (Å²) in [4.78, 5) is 5.34. The van der Waals surface area contributed by atoms with E-state index >= 15 is 0 Å². The number of aromatic nitrogens is 1. The van der Waals surface area contributed by atoms with Gasteiger partial charge in [-0.2, -0.15) is 0 Å². The van der Waals surface area contributed by atoms with Crippen molar-refractivity contribution in [2.24, 2.45) is 5.73 Å². The number of benzene rings is 2. The van der Waals surface area contributed by atoms with Crippen LogP contribution in [-0.4, -0.2) is 29.5 Å². The van der Waals surface area contributed by atoms with Gasteiger partial charge in [0.25, 0.3) is 0 Å². The van der Waals surface area contributed by atoms with Gasteiger partial charge in [0.15, 0.2) is 0 Å². The van der Waals surface area contributed by atoms with E-state index in [4.69, 9.17) is 5.73 Å². The first-order chi connectivity index (χ1) is 19.1. The zero-order valence-electron chi connectivity index (χ0n) is 23.0. The molecule has 0 saturated heterocycles. The van der Waals surface area contributed by atoms with E-state index in [1.165, 1.54) is 22.3 Å². The molecule has 2 aromatic carbocycles. The lowest BCUT2D eigenvalue weighted by molar-refractivity contribution is 0.505. The second-order valence-electron chi connectivity index (χ2n) is 9.33. The molecular formula is C34H39N5. The first-order valence-electron chi connectivity index (χ1n) is 13.6. The summed E-state index contributed by atoms with van der Waals surface area (Å²) in [5.74, 6) is 0.966. The third-order valence-electron chi connectivity index (χ3n) is 6.50. The lowest BCUT2D eigenvalue weighted by atomic mass is 9.88. The maximum absolute atomic E-state index is 5.73. The van der Waals surface area contributed by atoms with Gasteiger partial charge in [-0.3, -0.25) is 0 Å². The van der Waals surface area contributed by atoms with Crippen LogP contribution >= 0.6 is 0 Å². The van der Waals surface area contributed by atoms with Crippen molar-refractivity contribution in [3.8, 4) is 0 Å². The molecule has 5 heteroatoms. The summed E-state index contributed by atoms with van der Waals surface area (Å²) in [6, 6.07) is 20.9. The van der Waals surface area contributed by atoms with Crippen molar-refractivity contribution in [1.29, 1.82) is 0 Å². The van der Waals surface area contributed by atoms with Crippen molar-refractivity contribution < 1.29 is 0 Å². The largest absolute Gasteiger partial charge is 0.372 e. The molecule has 5 nitrogen and oxygen atoms in total. The molecule has 0 bridgehead atoms. The molecule has 0 atom stereocenters. The number of nitrogens with two attached hydrogens (primary N) is 1. The number of hydrogen-bond donors (Lipinski definition) is 4. The van der Waals surface area contributed by atoms with Gasteiger partial charge >= 0.3 is 0 Å². The first-order valence-corrected chi connectivity index (χ1v) is 13.6. The molecular weight excluding hydrogens is 478 g/mol. The summed E-state index contributed by atoms with van der Waals surface area (Å²) in [5, 5.41) is 7.02. The second kappa shape index (κ2) is 13.9. The van der Waals surface area contributed by atoms with E-state index in [0.29, 0.717) is 6.54 Å². The number of hydrogen-bond acceptors (Lipinski definition) is 4. The fourth-order valence-corrected chi connectivity index (χ4v) is 4.63. The maximum atomic E-state index is 5.73. The van der Waals surface area contributed by atoms with Gasteiger partial charge < -0.3 is 26.3 Å². The SMILES string of the molecule is C=C(/C=C(\C=C/CN)c1cc[nH]c1)N(/C=C1C=C(/C=C(/NCC)Nc2ccccc2)c2ccccc2C/1)CC. The van der Waals surface area contributed by atoms with Crippen molar-refractivity contribution in [2.45, 2.75) is 20.3 Å². The molecule has 1 heterocycles. The van der Waals surface area contributed by atoms with Crippen LogP contribution in [0.2, 0.25) is 0 Å². The molecule has 5 N–H and O–H groups in total. The van der Waals surface area contributed by atoms with Crippen LogP contribution in [-0.2, 0) is 6.42 Å². The predicted octanol–water partition coefficient (Wildman–Crippen LogP) is 6.84. The molecule has 200 valence electrons. The van der Waals surface area contributed by atoms with E-state index in [1.807, 2.05) is 36.7 Å². The Balaban J connectivity index is 1.68. The molecule has 0 amide bonds. The summed E-state index contributed by atoms with van der Waals surface area (Å²) in [6.07, 6.45) is 17.6. The average molecular weight is 518 g/mol. The van der Waals surface area contributed by atoms with E-state index in [0.717, 1.165) is 47.9 Å². The molecule has 1 aliphatic rings. The highest BCUT2D eigenvalue weighted by molar-refractivity contribution is 5.81. The van der Waals surface area contributed by atoms with Gasteiger partial charge in [-0.05, 0) is 90.1 Å². The van der Waals surface area contributed by atoms with E-state index in [2.05, 4.69) is 114 Å². The summed E-state index contributed by atoms with van der Waals surface area (Å²) in [5.41, 5.74) is 14.8. The number of nitrogens with zero attached hydrogens (tertiary/aromatic N) is 1. The molecule has 0 saturated carbocycles. The highest BCUT2D eigenvalue weighted by Crippen LogP contribution is 2.31. The summed E-state index contributed by atoms with van der Waals surface area (Å²) in [7, 11) is 0. The molecule has 0 radical (unpaired) electrons. The Hall–Kier alpha value is -4.48. The maximum Gasteiger partial charge on any atom is 0.104 e. The van der Waals surface area contributed by atoms with E-state index in [-0.39, 0.29) is 0 Å². The number of aromatic amines is 1. The van der Waals surface area contributed by atoms with Crippen LogP contribution in [0.25, 0.3) is 11.1 Å². The Morgan fingerprint density at radius 1 is 1.08 bits per heavy atom. The molecule has 0 unspecified atom stereocenters. The average Bonchev–Trinajstić information content (AvgIpc) is 3.49. The Bertz CT molecular complexity index is 1390. The predicted molar refractivity (Wildman–Crippen MR) is 167 cm³/mol. The third-order valence-corrected chi connectivity index (χ3v) is 6.50. The van der Waals surface area contributed by atoms with E-state index in [9.17, 15) is 0 Å². The van der Waals surface area contributed by atoms with Gasteiger partial charge in [0, 0.05) is 49.6 Å². The van der Waals surface area contributed by atoms with Crippen LogP contribution in [0.1, 0.15) is 30.5 Å². The fraction of sp³-hybridized carbons (Fsp3) is 0.176. The molecule has 39 heavy (non-hydrogen) atoms. The summed E-state index contributed by atoms with van der Waals surface area (Å²) < 4.78 is 0. The Labute approximate surface area is 232 Å². The number of allylic oxidation sites excluding steroid dienone is 7. The van der Waals surface area contributed by atoms with Gasteiger partial charge in [-0.25, -0.2) is 0 Å². The van der Waals surface area contributed by atoms with Crippen LogP contribution in [0.3, 0.4) is 0 Å². The normalized spacial score (nSPS) is 14.7. The van der Waals surface area contributed by atoms with Crippen LogP contribution < -0.4 is 16.4 Å². The third kappa shape index (κ3) is 7.53. The quantitative estimate of drug-likeness (QED) is 0.199. The van der Waals surface area contributed by atoms with Crippen LogP contribution in [0, 0.1) is 0 Å². The number of likely N-dealkylation sites (N-methyl/N-ethyl adjacent to an activating group) is 1. The van der Waals surface area contributed by atoms with Crippen molar-refractivity contribution in [2.75, 3.05) is 25.0 Å². The number of nitrogens with one attached hydrogen (secondary N) is 3. The molecule has 0 fully saturated rings. The standard InChI is InChI=1S/C34H39N5/c1-4-37-34(38-32-14-7-6-8-15-32)23-31-22-27(21-29-12-9-10-16-33(29)31)25-39(5-2)26(3)20-28(13-11-18-35)30-17-19-36-24-30/h6-17,19-20,22-25,36-38H,3-5,18,21,35H2,1-2H3/b13-11-,27-25+,28-20+,34-23-. The lowest BCUT2D eigenvalue weighted by Crippen LogP contribution is -2.20. The highest BCUT2D eigenvalue weighted by atomic mass is 15.1. The molecule has 0 aliphatic heterocycles. The highest BCUT2D eigenvalue weighted by Gasteiger charge is 2.16.